The summed E-state index contributed by atoms with van der Waals surface area (Å²) in [6, 6.07) is 5.96. The highest BCUT2D eigenvalue weighted by Gasteiger charge is 2.38. The number of ether oxygens (including phenoxy) is 1. The highest BCUT2D eigenvalue weighted by Crippen LogP contribution is 2.32. The van der Waals surface area contributed by atoms with Crippen molar-refractivity contribution in [3.05, 3.63) is 28.2 Å². The zero-order valence-corrected chi connectivity index (χ0v) is 12.9. The number of rotatable bonds is 4. The summed E-state index contributed by atoms with van der Waals surface area (Å²) in [5, 5.41) is 0. The number of nitrogens with zero attached hydrogens (tertiary/aromatic N) is 1. The molecule has 1 atom stereocenters. The monoisotopic (exact) mass is 326 g/mol. The van der Waals surface area contributed by atoms with Crippen molar-refractivity contribution >= 4 is 21.8 Å². The summed E-state index contributed by atoms with van der Waals surface area (Å²) in [5.41, 5.74) is 6.18. The largest absolute Gasteiger partial charge is 0.496 e. The molecule has 1 unspecified atom stereocenters. The van der Waals surface area contributed by atoms with Crippen molar-refractivity contribution in [1.82, 2.24) is 4.90 Å². The molecule has 0 aromatic heterocycles. The first-order chi connectivity index (χ1) is 8.94. The van der Waals surface area contributed by atoms with Gasteiger partial charge in [0.2, 0.25) is 5.91 Å². The van der Waals surface area contributed by atoms with Gasteiger partial charge in [0.1, 0.15) is 5.75 Å². The van der Waals surface area contributed by atoms with Crippen molar-refractivity contribution in [3.63, 3.8) is 0 Å². The van der Waals surface area contributed by atoms with E-state index in [1.807, 2.05) is 19.1 Å². The standard InChI is InChI=1S/C14H19BrN2O2/c1-14(13(16)18)5-6-17(9-14)8-10-7-11(15)3-4-12(10)19-2/h3-4,7H,5-6,8-9H2,1-2H3,(H2,16,18). The predicted molar refractivity (Wildman–Crippen MR) is 77.9 cm³/mol. The van der Waals surface area contributed by atoms with Crippen LogP contribution in [0.3, 0.4) is 0 Å². The van der Waals surface area contributed by atoms with Gasteiger partial charge in [-0.2, -0.15) is 0 Å². The predicted octanol–water partition coefficient (Wildman–Crippen LogP) is 2.15. The molecule has 1 fully saturated rings. The van der Waals surface area contributed by atoms with Crippen molar-refractivity contribution in [2.24, 2.45) is 11.1 Å². The van der Waals surface area contributed by atoms with Gasteiger partial charge in [-0.3, -0.25) is 9.69 Å². The Kier molecular flexibility index (Phi) is 4.16. The van der Waals surface area contributed by atoms with Gasteiger partial charge < -0.3 is 10.5 Å². The number of benzene rings is 1. The molecular formula is C14H19BrN2O2. The van der Waals surface area contributed by atoms with Crippen LogP contribution in [-0.4, -0.2) is 31.0 Å². The molecule has 1 aliphatic heterocycles. The smallest absolute Gasteiger partial charge is 0.224 e. The number of halogens is 1. The Hall–Kier alpha value is -1.07. The van der Waals surface area contributed by atoms with Gasteiger partial charge in [0.25, 0.3) is 0 Å². The lowest BCUT2D eigenvalue weighted by Gasteiger charge is -2.21. The van der Waals surface area contributed by atoms with E-state index in [0.717, 1.165) is 35.3 Å². The molecule has 1 amide bonds. The molecule has 0 aliphatic carbocycles. The van der Waals surface area contributed by atoms with E-state index in [4.69, 9.17) is 10.5 Å². The van der Waals surface area contributed by atoms with Crippen molar-refractivity contribution in [2.45, 2.75) is 19.9 Å². The van der Waals surface area contributed by atoms with Crippen LogP contribution in [0.25, 0.3) is 0 Å². The van der Waals surface area contributed by atoms with Crippen LogP contribution < -0.4 is 10.5 Å². The van der Waals surface area contributed by atoms with Crippen molar-refractivity contribution in [1.29, 1.82) is 0 Å². The second-order valence-electron chi connectivity index (χ2n) is 5.34. The van der Waals surface area contributed by atoms with Crippen LogP contribution >= 0.6 is 15.9 Å². The lowest BCUT2D eigenvalue weighted by Crippen LogP contribution is -2.36. The Balaban J connectivity index is 2.11. The molecule has 1 aliphatic rings. The third-order valence-corrected chi connectivity index (χ3v) is 4.28. The van der Waals surface area contributed by atoms with Gasteiger partial charge in [-0.1, -0.05) is 15.9 Å². The molecule has 4 nitrogen and oxygen atoms in total. The van der Waals surface area contributed by atoms with Crippen molar-refractivity contribution in [2.75, 3.05) is 20.2 Å². The van der Waals surface area contributed by atoms with Crippen LogP contribution in [0.4, 0.5) is 0 Å². The molecule has 5 heteroatoms. The number of hydrogen-bond acceptors (Lipinski definition) is 3. The average Bonchev–Trinajstić information content (AvgIpc) is 2.73. The summed E-state index contributed by atoms with van der Waals surface area (Å²) in [4.78, 5) is 13.7. The minimum atomic E-state index is -0.404. The van der Waals surface area contributed by atoms with E-state index in [9.17, 15) is 4.79 Å². The Morgan fingerprint density at radius 2 is 2.32 bits per heavy atom. The van der Waals surface area contributed by atoms with Crippen LogP contribution in [-0.2, 0) is 11.3 Å². The Bertz CT molecular complexity index is 492. The van der Waals surface area contributed by atoms with Crippen LogP contribution in [0.2, 0.25) is 0 Å². The molecule has 104 valence electrons. The van der Waals surface area contributed by atoms with E-state index < -0.39 is 5.41 Å². The van der Waals surface area contributed by atoms with Crippen LogP contribution in [0.1, 0.15) is 18.9 Å². The minimum absolute atomic E-state index is 0.212. The first-order valence-corrected chi connectivity index (χ1v) is 7.08. The summed E-state index contributed by atoms with van der Waals surface area (Å²) >= 11 is 3.47. The summed E-state index contributed by atoms with van der Waals surface area (Å²) in [6.07, 6.45) is 0.818. The molecule has 0 saturated carbocycles. The lowest BCUT2D eigenvalue weighted by molar-refractivity contribution is -0.126. The van der Waals surface area contributed by atoms with E-state index in [1.165, 1.54) is 0 Å². The number of primary amides is 1. The van der Waals surface area contributed by atoms with Crippen molar-refractivity contribution in [3.8, 4) is 5.75 Å². The maximum atomic E-state index is 11.5. The maximum absolute atomic E-state index is 11.5. The van der Waals surface area contributed by atoms with Gasteiger partial charge in [0.15, 0.2) is 0 Å². The van der Waals surface area contributed by atoms with Crippen LogP contribution in [0, 0.1) is 5.41 Å². The van der Waals surface area contributed by atoms with E-state index in [-0.39, 0.29) is 5.91 Å². The van der Waals surface area contributed by atoms with Gasteiger partial charge in [0, 0.05) is 23.1 Å². The Morgan fingerprint density at radius 3 is 2.89 bits per heavy atom. The van der Waals surface area contributed by atoms with Gasteiger partial charge in [-0.05, 0) is 38.1 Å². The Labute approximate surface area is 122 Å². The molecule has 0 radical (unpaired) electrons. The molecule has 1 aromatic carbocycles. The molecule has 2 N–H and O–H groups in total. The van der Waals surface area contributed by atoms with Gasteiger partial charge in [-0.25, -0.2) is 0 Å². The summed E-state index contributed by atoms with van der Waals surface area (Å²) in [7, 11) is 1.67. The second kappa shape index (κ2) is 5.51. The summed E-state index contributed by atoms with van der Waals surface area (Å²) < 4.78 is 6.40. The highest BCUT2D eigenvalue weighted by molar-refractivity contribution is 9.10. The van der Waals surface area contributed by atoms with Crippen LogP contribution in [0.5, 0.6) is 5.75 Å². The molecule has 0 bridgehead atoms. The van der Waals surface area contributed by atoms with E-state index >= 15 is 0 Å². The zero-order valence-electron chi connectivity index (χ0n) is 11.3. The summed E-state index contributed by atoms with van der Waals surface area (Å²) in [6.45, 7) is 4.30. The number of hydrogen-bond donors (Lipinski definition) is 1. The number of likely N-dealkylation sites (tertiary alicyclic amines) is 1. The fourth-order valence-electron chi connectivity index (χ4n) is 2.50. The highest BCUT2D eigenvalue weighted by atomic mass is 79.9. The molecule has 1 heterocycles. The van der Waals surface area contributed by atoms with Gasteiger partial charge in [-0.15, -0.1) is 0 Å². The van der Waals surface area contributed by atoms with Gasteiger partial charge >= 0.3 is 0 Å². The molecule has 2 rings (SSSR count). The van der Waals surface area contributed by atoms with Crippen LogP contribution in [0.15, 0.2) is 22.7 Å². The summed E-state index contributed by atoms with van der Waals surface area (Å²) in [5.74, 6) is 0.659. The maximum Gasteiger partial charge on any atom is 0.224 e. The van der Waals surface area contributed by atoms with E-state index in [2.05, 4.69) is 26.9 Å². The number of carbonyl (C=O) groups is 1. The normalized spacial score (nSPS) is 23.5. The van der Waals surface area contributed by atoms with Gasteiger partial charge in [0.05, 0.1) is 12.5 Å². The quantitative estimate of drug-likeness (QED) is 0.922. The number of methoxy groups -OCH3 is 1. The molecule has 0 spiro atoms. The zero-order chi connectivity index (χ0) is 14.0. The van der Waals surface area contributed by atoms with E-state index in [0.29, 0.717) is 6.54 Å². The first-order valence-electron chi connectivity index (χ1n) is 6.29. The SMILES string of the molecule is COc1ccc(Br)cc1CN1CCC(C)(C(N)=O)C1. The molecular weight excluding hydrogens is 308 g/mol. The topological polar surface area (TPSA) is 55.6 Å². The molecule has 1 saturated heterocycles. The average molecular weight is 327 g/mol. The number of carbonyl (C=O) groups excluding carboxylic acids is 1. The first kappa shape index (κ1) is 14.3. The second-order valence-corrected chi connectivity index (χ2v) is 6.26. The molecule has 1 aromatic rings. The lowest BCUT2D eigenvalue weighted by atomic mass is 9.89. The number of amides is 1. The Morgan fingerprint density at radius 1 is 1.58 bits per heavy atom. The molecule has 19 heavy (non-hydrogen) atoms. The van der Waals surface area contributed by atoms with Crippen molar-refractivity contribution < 1.29 is 9.53 Å². The third-order valence-electron chi connectivity index (χ3n) is 3.78. The fraction of sp³-hybridized carbons (Fsp3) is 0.500. The third kappa shape index (κ3) is 3.09. The fourth-order valence-corrected chi connectivity index (χ4v) is 2.91. The van der Waals surface area contributed by atoms with E-state index in [1.54, 1.807) is 7.11 Å². The minimum Gasteiger partial charge on any atom is -0.496 e. The number of nitrogens with two attached hydrogens (primary N) is 1.